The number of hydrogen-bond donors (Lipinski definition) is 2. The molecule has 3 rings (SSSR count). The van der Waals surface area contributed by atoms with E-state index in [0.29, 0.717) is 10.7 Å². The van der Waals surface area contributed by atoms with Crippen LogP contribution in [0.4, 0.5) is 5.13 Å². The van der Waals surface area contributed by atoms with Crippen LogP contribution < -0.4 is 5.32 Å². The predicted molar refractivity (Wildman–Crippen MR) is 72.5 cm³/mol. The van der Waals surface area contributed by atoms with E-state index >= 15 is 0 Å². The second-order valence-corrected chi connectivity index (χ2v) is 5.52. The van der Waals surface area contributed by atoms with Gasteiger partial charge in [0.15, 0.2) is 4.77 Å². The molecule has 96 valence electrons. The van der Waals surface area contributed by atoms with E-state index in [1.165, 1.54) is 24.4 Å². The van der Waals surface area contributed by atoms with Crippen molar-refractivity contribution >= 4 is 28.9 Å². The maximum absolute atomic E-state index is 5.25. The van der Waals surface area contributed by atoms with Crippen LogP contribution in [0.2, 0.25) is 0 Å². The van der Waals surface area contributed by atoms with Gasteiger partial charge in [-0.1, -0.05) is 0 Å². The Bertz CT molecular complexity index is 594. The molecule has 0 saturated heterocycles. The highest BCUT2D eigenvalue weighted by molar-refractivity contribution is 7.71. The predicted octanol–water partition coefficient (Wildman–Crippen LogP) is 2.09. The maximum Gasteiger partial charge on any atom is 0.202 e. The Balaban J connectivity index is 1.63. The van der Waals surface area contributed by atoms with Gasteiger partial charge in [-0.05, 0) is 32.0 Å². The summed E-state index contributed by atoms with van der Waals surface area (Å²) in [6.07, 6.45) is 2.45. The lowest BCUT2D eigenvalue weighted by Crippen LogP contribution is -2.12. The summed E-state index contributed by atoms with van der Waals surface area (Å²) in [7, 11) is 0. The molecular weight excluding hydrogens is 268 g/mol. The average molecular weight is 282 g/mol. The van der Waals surface area contributed by atoms with Crippen LogP contribution in [0, 0.1) is 11.7 Å². The second-order valence-electron chi connectivity index (χ2n) is 4.39. The molecular formula is C10H14N6S2. The normalized spacial score (nSPS) is 14.9. The molecule has 2 aromatic rings. The fourth-order valence-electron chi connectivity index (χ4n) is 1.84. The minimum absolute atomic E-state index is 0.599. The van der Waals surface area contributed by atoms with Crippen molar-refractivity contribution in [2.45, 2.75) is 32.2 Å². The molecule has 18 heavy (non-hydrogen) atoms. The van der Waals surface area contributed by atoms with E-state index in [1.54, 1.807) is 0 Å². The lowest BCUT2D eigenvalue weighted by molar-refractivity contribution is 0.669. The molecule has 0 bridgehead atoms. The van der Waals surface area contributed by atoms with Crippen molar-refractivity contribution in [3.8, 4) is 0 Å². The zero-order valence-corrected chi connectivity index (χ0v) is 11.6. The second kappa shape index (κ2) is 4.77. The van der Waals surface area contributed by atoms with Crippen molar-refractivity contribution in [2.24, 2.45) is 0 Å². The molecule has 0 aromatic carbocycles. The quantitative estimate of drug-likeness (QED) is 0.822. The molecule has 0 radical (unpaired) electrons. The highest BCUT2D eigenvalue weighted by atomic mass is 32.1. The first kappa shape index (κ1) is 11.8. The van der Waals surface area contributed by atoms with Gasteiger partial charge in [0.2, 0.25) is 5.13 Å². The van der Waals surface area contributed by atoms with Crippen molar-refractivity contribution in [1.82, 2.24) is 24.1 Å². The number of aromatic amines is 1. The van der Waals surface area contributed by atoms with E-state index in [9.17, 15) is 0 Å². The van der Waals surface area contributed by atoms with E-state index < -0.39 is 0 Å². The van der Waals surface area contributed by atoms with Gasteiger partial charge in [-0.25, -0.2) is 4.98 Å². The molecule has 0 atom stereocenters. The van der Waals surface area contributed by atoms with Crippen LogP contribution in [-0.4, -0.2) is 30.7 Å². The number of aromatic nitrogens is 5. The first-order valence-electron chi connectivity index (χ1n) is 5.93. The van der Waals surface area contributed by atoms with Crippen molar-refractivity contribution in [3.05, 3.63) is 16.4 Å². The summed E-state index contributed by atoms with van der Waals surface area (Å²) in [5, 5.41) is 11.3. The summed E-state index contributed by atoms with van der Waals surface area (Å²) in [5.41, 5.74) is 0. The molecule has 0 unspecified atom stereocenters. The minimum atomic E-state index is 0.599. The van der Waals surface area contributed by atoms with Gasteiger partial charge in [-0.2, -0.15) is 9.47 Å². The largest absolute Gasteiger partial charge is 0.358 e. The van der Waals surface area contributed by atoms with Crippen LogP contribution >= 0.6 is 23.8 Å². The van der Waals surface area contributed by atoms with Gasteiger partial charge >= 0.3 is 0 Å². The van der Waals surface area contributed by atoms with Crippen LogP contribution in [0.15, 0.2) is 0 Å². The number of nitrogens with one attached hydrogen (secondary N) is 2. The third-order valence-electron chi connectivity index (χ3n) is 2.87. The molecule has 2 heterocycles. The monoisotopic (exact) mass is 282 g/mol. The summed E-state index contributed by atoms with van der Waals surface area (Å²) in [6.45, 7) is 3.47. The summed E-state index contributed by atoms with van der Waals surface area (Å²) in [6, 6.07) is 0. The summed E-state index contributed by atoms with van der Waals surface area (Å²) < 4.78 is 6.91. The van der Waals surface area contributed by atoms with E-state index in [-0.39, 0.29) is 0 Å². The molecule has 1 aliphatic carbocycles. The summed E-state index contributed by atoms with van der Waals surface area (Å²) >= 11 is 6.63. The zero-order valence-electron chi connectivity index (χ0n) is 10.0. The zero-order chi connectivity index (χ0) is 12.5. The summed E-state index contributed by atoms with van der Waals surface area (Å²) in [5.74, 6) is 2.50. The molecule has 1 aliphatic rings. The van der Waals surface area contributed by atoms with Gasteiger partial charge in [0.25, 0.3) is 0 Å². The topological polar surface area (TPSA) is 71.4 Å². The van der Waals surface area contributed by atoms with E-state index in [2.05, 4.69) is 29.4 Å². The number of rotatable bonds is 5. The molecule has 2 aromatic heterocycles. The highest BCUT2D eigenvalue weighted by Crippen LogP contribution is 2.38. The van der Waals surface area contributed by atoms with Crippen LogP contribution in [0.5, 0.6) is 0 Å². The molecule has 0 aliphatic heterocycles. The van der Waals surface area contributed by atoms with Crippen LogP contribution in [-0.2, 0) is 6.54 Å². The lowest BCUT2D eigenvalue weighted by atomic mass is 10.4. The van der Waals surface area contributed by atoms with E-state index in [0.717, 1.165) is 29.9 Å². The van der Waals surface area contributed by atoms with Crippen molar-refractivity contribution in [3.63, 3.8) is 0 Å². The SMILES string of the molecule is Cc1nsc(NCCn2c(C3CC3)n[nH]c2=S)n1. The Morgan fingerprint density at radius 1 is 1.56 bits per heavy atom. The van der Waals surface area contributed by atoms with Gasteiger partial charge in [0, 0.05) is 30.5 Å². The van der Waals surface area contributed by atoms with Crippen molar-refractivity contribution in [2.75, 3.05) is 11.9 Å². The van der Waals surface area contributed by atoms with Gasteiger partial charge in [-0.15, -0.1) is 0 Å². The fourth-order valence-corrected chi connectivity index (χ4v) is 2.67. The Morgan fingerprint density at radius 3 is 3.06 bits per heavy atom. The van der Waals surface area contributed by atoms with Crippen LogP contribution in [0.25, 0.3) is 0 Å². The lowest BCUT2D eigenvalue weighted by Gasteiger charge is -2.06. The minimum Gasteiger partial charge on any atom is -0.358 e. The highest BCUT2D eigenvalue weighted by Gasteiger charge is 2.28. The number of aryl methyl sites for hydroxylation is 1. The van der Waals surface area contributed by atoms with E-state index in [4.69, 9.17) is 12.2 Å². The van der Waals surface area contributed by atoms with Crippen LogP contribution in [0.1, 0.15) is 30.4 Å². The average Bonchev–Trinajstić information content (AvgIpc) is 3.01. The molecule has 1 fully saturated rings. The Hall–Kier alpha value is -1.28. The Labute approximate surface area is 114 Å². The first-order valence-corrected chi connectivity index (χ1v) is 7.11. The van der Waals surface area contributed by atoms with Gasteiger partial charge in [0.05, 0.1) is 0 Å². The Morgan fingerprint density at radius 2 is 2.39 bits per heavy atom. The maximum atomic E-state index is 5.25. The molecule has 0 spiro atoms. The third kappa shape index (κ3) is 2.44. The van der Waals surface area contributed by atoms with Gasteiger partial charge in [-0.3, -0.25) is 5.10 Å². The van der Waals surface area contributed by atoms with Gasteiger partial charge < -0.3 is 9.88 Å². The molecule has 8 heteroatoms. The first-order chi connectivity index (χ1) is 8.74. The molecule has 0 amide bonds. The number of H-pyrrole nitrogens is 1. The Kier molecular flexibility index (Phi) is 3.13. The van der Waals surface area contributed by atoms with Crippen molar-refractivity contribution < 1.29 is 0 Å². The smallest absolute Gasteiger partial charge is 0.202 e. The third-order valence-corrected chi connectivity index (χ3v) is 3.95. The fraction of sp³-hybridized carbons (Fsp3) is 0.600. The molecule has 6 nitrogen and oxygen atoms in total. The number of anilines is 1. The van der Waals surface area contributed by atoms with Crippen LogP contribution in [0.3, 0.4) is 0 Å². The molecule has 2 N–H and O–H groups in total. The van der Waals surface area contributed by atoms with Gasteiger partial charge in [0.1, 0.15) is 11.6 Å². The van der Waals surface area contributed by atoms with E-state index in [1.807, 2.05) is 6.92 Å². The summed E-state index contributed by atoms with van der Waals surface area (Å²) in [4.78, 5) is 4.26. The van der Waals surface area contributed by atoms with Crippen molar-refractivity contribution in [1.29, 1.82) is 0 Å². The standard InChI is InChI=1S/C10H14N6S2/c1-6-12-9(18-15-6)11-4-5-16-8(7-2-3-7)13-14-10(16)17/h7H,2-5H2,1H3,(H,14,17)(H,11,12,15). The number of hydrogen-bond acceptors (Lipinski definition) is 6. The molecule has 1 saturated carbocycles. The number of nitrogens with zero attached hydrogens (tertiary/aromatic N) is 4.